The lowest BCUT2D eigenvalue weighted by atomic mass is 9.79. The van der Waals surface area contributed by atoms with Gasteiger partial charge in [0.15, 0.2) is 0 Å². The molecule has 0 bridgehead atoms. The summed E-state index contributed by atoms with van der Waals surface area (Å²) < 4.78 is 31.3. The lowest BCUT2D eigenvalue weighted by Crippen LogP contribution is -2.36. The molecule has 2 unspecified atom stereocenters. The van der Waals surface area contributed by atoms with E-state index < -0.39 is 17.8 Å². The summed E-state index contributed by atoms with van der Waals surface area (Å²) >= 11 is 0. The number of piperidine rings is 1. The van der Waals surface area contributed by atoms with Gasteiger partial charge in [0, 0.05) is 37.4 Å². The maximum absolute atomic E-state index is 14.7. The number of hydrogen-bond acceptors (Lipinski definition) is 4. The fourth-order valence-electron chi connectivity index (χ4n) is 5.67. The number of benzene rings is 1. The maximum Gasteiger partial charge on any atom is 0.335 e. The average Bonchev–Trinajstić information content (AvgIpc) is 3.21. The molecular weight excluding hydrogens is 462 g/mol. The summed E-state index contributed by atoms with van der Waals surface area (Å²) in [6.45, 7) is 4.56. The molecule has 8 heteroatoms. The van der Waals surface area contributed by atoms with E-state index in [1.165, 1.54) is 0 Å². The molecule has 1 saturated heterocycles. The maximum atomic E-state index is 14.7. The second-order valence-electron chi connectivity index (χ2n) is 9.94. The number of carboxylic acid groups (broad SMARTS) is 1. The topological polar surface area (TPSA) is 71.2 Å². The Morgan fingerprint density at radius 3 is 2.64 bits per heavy atom. The van der Waals surface area contributed by atoms with Crippen molar-refractivity contribution in [3.05, 3.63) is 77.7 Å². The number of anilines is 1. The molecule has 36 heavy (non-hydrogen) atoms. The van der Waals surface area contributed by atoms with Crippen molar-refractivity contribution in [2.75, 3.05) is 18.0 Å². The minimum absolute atomic E-state index is 0.152. The quantitative estimate of drug-likeness (QED) is 0.463. The van der Waals surface area contributed by atoms with E-state index in [0.717, 1.165) is 44.1 Å². The first-order chi connectivity index (χ1) is 17.2. The molecule has 2 aromatic heterocycles. The van der Waals surface area contributed by atoms with Gasteiger partial charge in [-0.25, -0.2) is 18.6 Å². The third-order valence-corrected chi connectivity index (χ3v) is 7.40. The van der Waals surface area contributed by atoms with Gasteiger partial charge in [0.2, 0.25) is 5.95 Å². The summed E-state index contributed by atoms with van der Waals surface area (Å²) in [5.74, 6) is -4.06. The van der Waals surface area contributed by atoms with E-state index in [9.17, 15) is 18.7 Å². The van der Waals surface area contributed by atoms with Crippen LogP contribution < -0.4 is 4.90 Å². The number of nitrogens with zero attached hydrogens (tertiary/aromatic N) is 4. The van der Waals surface area contributed by atoms with Crippen LogP contribution in [0.4, 0.5) is 14.7 Å². The van der Waals surface area contributed by atoms with Crippen molar-refractivity contribution in [2.24, 2.45) is 11.8 Å². The van der Waals surface area contributed by atoms with Gasteiger partial charge in [-0.1, -0.05) is 31.2 Å². The molecule has 0 saturated carbocycles. The number of rotatable bonds is 6. The Bertz CT molecular complexity index is 1320. The molecule has 2 aliphatic rings. The molecule has 3 heterocycles. The molecule has 0 spiro atoms. The molecule has 1 aliphatic carbocycles. The molecule has 3 aromatic rings. The zero-order valence-electron chi connectivity index (χ0n) is 20.4. The SMILES string of the molecule is CC1C=CC=C(Cn2c(N3CCC(c4ccccn4)CC3)nc3cc(C(=O)O)ccc32)C1C(C)(F)F. The molecule has 6 nitrogen and oxygen atoms in total. The lowest BCUT2D eigenvalue weighted by Gasteiger charge is -2.35. The Morgan fingerprint density at radius 1 is 1.19 bits per heavy atom. The van der Waals surface area contributed by atoms with Gasteiger partial charge < -0.3 is 14.6 Å². The first kappa shape index (κ1) is 24.2. The second kappa shape index (κ2) is 9.48. The van der Waals surface area contributed by atoms with Crippen molar-refractivity contribution >= 4 is 23.0 Å². The van der Waals surface area contributed by atoms with Crippen molar-refractivity contribution < 1.29 is 18.7 Å². The fourth-order valence-corrected chi connectivity index (χ4v) is 5.67. The summed E-state index contributed by atoms with van der Waals surface area (Å²) in [5, 5.41) is 9.47. The van der Waals surface area contributed by atoms with E-state index in [-0.39, 0.29) is 18.0 Å². The Balaban J connectivity index is 1.51. The fraction of sp³-hybridized carbons (Fsp3) is 0.393. The number of allylic oxidation sites excluding steroid dienone is 4. The van der Waals surface area contributed by atoms with Crippen LogP contribution in [-0.4, -0.2) is 44.6 Å². The highest BCUT2D eigenvalue weighted by Gasteiger charge is 2.41. The van der Waals surface area contributed by atoms with Gasteiger partial charge >= 0.3 is 5.97 Å². The molecule has 2 atom stereocenters. The number of hydrogen-bond donors (Lipinski definition) is 1. The van der Waals surface area contributed by atoms with Gasteiger partial charge in [0.1, 0.15) is 0 Å². The first-order valence-electron chi connectivity index (χ1n) is 12.4. The minimum atomic E-state index is -2.87. The average molecular weight is 493 g/mol. The van der Waals surface area contributed by atoms with Crippen LogP contribution >= 0.6 is 0 Å². The van der Waals surface area contributed by atoms with Crippen LogP contribution in [0, 0.1) is 11.8 Å². The standard InChI is InChI=1S/C28H30F2N4O2/c1-18-6-5-7-21(25(18)28(2,29)30)17-34-24-10-9-20(26(35)36)16-23(24)32-27(34)33-14-11-19(12-15-33)22-8-3-4-13-31-22/h3-10,13,16,18-19,25H,11-12,14-15,17H2,1-2H3,(H,35,36). The largest absolute Gasteiger partial charge is 0.478 e. The highest BCUT2D eigenvalue weighted by molar-refractivity contribution is 5.93. The minimum Gasteiger partial charge on any atom is -0.478 e. The number of halogens is 2. The van der Waals surface area contributed by atoms with Gasteiger partial charge in [-0.05, 0) is 61.6 Å². The molecule has 1 aromatic carbocycles. The number of carboxylic acids is 1. The summed E-state index contributed by atoms with van der Waals surface area (Å²) in [7, 11) is 0. The Hall–Kier alpha value is -3.55. The zero-order chi connectivity index (χ0) is 25.4. The van der Waals surface area contributed by atoms with E-state index in [1.54, 1.807) is 24.3 Å². The van der Waals surface area contributed by atoms with Gasteiger partial charge in [0.25, 0.3) is 5.92 Å². The van der Waals surface area contributed by atoms with Gasteiger partial charge in [-0.2, -0.15) is 0 Å². The van der Waals surface area contributed by atoms with E-state index in [0.29, 0.717) is 23.0 Å². The highest BCUT2D eigenvalue weighted by atomic mass is 19.3. The number of alkyl halides is 2. The molecule has 0 amide bonds. The summed E-state index contributed by atoms with van der Waals surface area (Å²) in [4.78, 5) is 23.1. The molecule has 1 aliphatic heterocycles. The van der Waals surface area contributed by atoms with Crippen LogP contribution in [0.2, 0.25) is 0 Å². The van der Waals surface area contributed by atoms with Crippen molar-refractivity contribution in [3.8, 4) is 0 Å². The summed E-state index contributed by atoms with van der Waals surface area (Å²) in [6, 6.07) is 10.8. The Labute approximate surface area is 209 Å². The number of imidazole rings is 1. The van der Waals surface area contributed by atoms with E-state index in [4.69, 9.17) is 4.98 Å². The molecule has 0 radical (unpaired) electrons. The normalized spacial score (nSPS) is 21.1. The van der Waals surface area contributed by atoms with Crippen molar-refractivity contribution in [2.45, 2.75) is 45.1 Å². The summed E-state index contributed by atoms with van der Waals surface area (Å²) in [6.07, 6.45) is 9.07. The number of fused-ring (bicyclic) bond motifs is 1. The van der Waals surface area contributed by atoms with E-state index in [2.05, 4.69) is 16.0 Å². The van der Waals surface area contributed by atoms with Crippen molar-refractivity contribution in [1.29, 1.82) is 0 Å². The lowest BCUT2D eigenvalue weighted by molar-refractivity contribution is -0.0396. The van der Waals surface area contributed by atoms with Gasteiger partial charge in [0.05, 0.1) is 22.5 Å². The monoisotopic (exact) mass is 492 g/mol. The second-order valence-corrected chi connectivity index (χ2v) is 9.94. The molecular formula is C28H30F2N4O2. The van der Waals surface area contributed by atoms with E-state index >= 15 is 0 Å². The molecule has 188 valence electrons. The number of carbonyl (C=O) groups is 1. The zero-order valence-corrected chi connectivity index (χ0v) is 20.4. The third-order valence-electron chi connectivity index (χ3n) is 7.40. The van der Waals surface area contributed by atoms with Gasteiger partial charge in [-0.15, -0.1) is 0 Å². The summed E-state index contributed by atoms with van der Waals surface area (Å²) in [5.41, 5.74) is 3.17. The smallest absolute Gasteiger partial charge is 0.335 e. The van der Waals surface area contributed by atoms with Crippen LogP contribution in [0.1, 0.15) is 48.7 Å². The van der Waals surface area contributed by atoms with Crippen LogP contribution in [0.5, 0.6) is 0 Å². The van der Waals surface area contributed by atoms with Crippen LogP contribution in [0.15, 0.2) is 66.4 Å². The molecule has 1 N–H and O–H groups in total. The van der Waals surface area contributed by atoms with Crippen molar-refractivity contribution in [3.63, 3.8) is 0 Å². The van der Waals surface area contributed by atoms with E-state index in [1.807, 2.05) is 42.0 Å². The predicted molar refractivity (Wildman–Crippen MR) is 136 cm³/mol. The molecule has 1 fully saturated rings. The third kappa shape index (κ3) is 4.64. The van der Waals surface area contributed by atoms with Crippen molar-refractivity contribution in [1.82, 2.24) is 14.5 Å². The van der Waals surface area contributed by atoms with Crippen LogP contribution in [0.3, 0.4) is 0 Å². The number of aromatic carboxylic acids is 1. The van der Waals surface area contributed by atoms with Crippen LogP contribution in [0.25, 0.3) is 11.0 Å². The predicted octanol–water partition coefficient (Wildman–Crippen LogP) is 5.92. The highest BCUT2D eigenvalue weighted by Crippen LogP contribution is 2.41. The van der Waals surface area contributed by atoms with Crippen LogP contribution in [-0.2, 0) is 6.54 Å². The number of aromatic nitrogens is 3. The van der Waals surface area contributed by atoms with Gasteiger partial charge in [-0.3, -0.25) is 4.98 Å². The Kier molecular flexibility index (Phi) is 6.36. The first-order valence-corrected chi connectivity index (χ1v) is 12.4. The number of pyridine rings is 1. The molecule has 5 rings (SSSR count). The Morgan fingerprint density at radius 2 is 1.97 bits per heavy atom.